The molecule has 18 heavy (non-hydrogen) atoms. The van der Waals surface area contributed by atoms with Crippen LogP contribution in [0.1, 0.15) is 32.8 Å². The van der Waals surface area contributed by atoms with Crippen LogP contribution in [0.2, 0.25) is 0 Å². The van der Waals surface area contributed by atoms with Gasteiger partial charge in [0.1, 0.15) is 0 Å². The van der Waals surface area contributed by atoms with Crippen LogP contribution >= 0.6 is 11.6 Å². The Balaban J connectivity index is 2.80. The van der Waals surface area contributed by atoms with Crippen LogP contribution in [0, 0.1) is 5.41 Å². The smallest absolute Gasteiger partial charge is 0.229 e. The predicted molar refractivity (Wildman–Crippen MR) is 76.7 cm³/mol. The van der Waals surface area contributed by atoms with Gasteiger partial charge in [-0.25, -0.2) is 0 Å². The van der Waals surface area contributed by atoms with Crippen LogP contribution in [0.4, 0.5) is 0 Å². The molecule has 0 saturated carbocycles. The van der Waals surface area contributed by atoms with E-state index in [9.17, 15) is 4.79 Å². The van der Waals surface area contributed by atoms with E-state index in [2.05, 4.69) is 6.92 Å². The maximum Gasteiger partial charge on any atom is 0.229 e. The van der Waals surface area contributed by atoms with Crippen molar-refractivity contribution in [2.75, 3.05) is 12.4 Å². The van der Waals surface area contributed by atoms with Crippen molar-refractivity contribution in [3.63, 3.8) is 0 Å². The lowest BCUT2D eigenvalue weighted by Crippen LogP contribution is -2.41. The molecule has 3 heteroatoms. The van der Waals surface area contributed by atoms with Gasteiger partial charge in [-0.3, -0.25) is 4.79 Å². The van der Waals surface area contributed by atoms with E-state index in [1.807, 2.05) is 49.1 Å². The van der Waals surface area contributed by atoms with E-state index >= 15 is 0 Å². The van der Waals surface area contributed by atoms with E-state index < -0.39 is 5.41 Å². The van der Waals surface area contributed by atoms with Gasteiger partial charge in [-0.15, -0.1) is 11.6 Å². The van der Waals surface area contributed by atoms with Crippen molar-refractivity contribution in [2.45, 2.75) is 33.7 Å². The summed E-state index contributed by atoms with van der Waals surface area (Å²) in [7, 11) is 0. The molecule has 1 amide bonds. The van der Waals surface area contributed by atoms with Crippen LogP contribution in [0.25, 0.3) is 0 Å². The summed E-state index contributed by atoms with van der Waals surface area (Å²) in [6.07, 6.45) is 0.955. The fourth-order valence-corrected chi connectivity index (χ4v) is 1.93. The predicted octanol–water partition coefficient (Wildman–Crippen LogP) is 3.69. The van der Waals surface area contributed by atoms with E-state index in [0.717, 1.165) is 18.5 Å². The van der Waals surface area contributed by atoms with Crippen LogP contribution in [-0.4, -0.2) is 23.2 Å². The molecule has 0 saturated heterocycles. The first-order chi connectivity index (χ1) is 8.51. The molecule has 1 aromatic rings. The molecule has 0 N–H and O–H groups in total. The Morgan fingerprint density at radius 2 is 1.89 bits per heavy atom. The SMILES string of the molecule is CCCN(Cc1ccccc1)C(=O)C(C)(C)CCl. The maximum atomic E-state index is 12.4. The molecule has 100 valence electrons. The number of hydrogen-bond acceptors (Lipinski definition) is 1. The van der Waals surface area contributed by atoms with Crippen molar-refractivity contribution in [1.82, 2.24) is 4.90 Å². The second-order valence-corrected chi connectivity index (χ2v) is 5.50. The molecule has 2 nitrogen and oxygen atoms in total. The summed E-state index contributed by atoms with van der Waals surface area (Å²) in [5.74, 6) is 0.476. The quantitative estimate of drug-likeness (QED) is 0.720. The van der Waals surface area contributed by atoms with Gasteiger partial charge in [-0.1, -0.05) is 37.3 Å². The molecule has 0 spiro atoms. The summed E-state index contributed by atoms with van der Waals surface area (Å²) >= 11 is 5.89. The van der Waals surface area contributed by atoms with E-state index in [-0.39, 0.29) is 5.91 Å². The standard InChI is InChI=1S/C15H22ClNO/c1-4-10-17(14(18)15(2,3)12-16)11-13-8-6-5-7-9-13/h5-9H,4,10-12H2,1-3H3. The van der Waals surface area contributed by atoms with E-state index in [4.69, 9.17) is 11.6 Å². The van der Waals surface area contributed by atoms with Gasteiger partial charge in [0.15, 0.2) is 0 Å². The second kappa shape index (κ2) is 6.79. The van der Waals surface area contributed by atoms with Gasteiger partial charge >= 0.3 is 0 Å². The van der Waals surface area contributed by atoms with Gasteiger partial charge < -0.3 is 4.90 Å². The molecule has 0 fully saturated rings. The Kier molecular flexibility index (Phi) is 5.67. The summed E-state index contributed by atoms with van der Waals surface area (Å²) < 4.78 is 0. The zero-order valence-corrected chi connectivity index (χ0v) is 12.2. The average molecular weight is 268 g/mol. The Morgan fingerprint density at radius 3 is 2.39 bits per heavy atom. The van der Waals surface area contributed by atoms with Crippen molar-refractivity contribution in [3.05, 3.63) is 35.9 Å². The summed E-state index contributed by atoms with van der Waals surface area (Å²) in [5, 5.41) is 0. The fraction of sp³-hybridized carbons (Fsp3) is 0.533. The molecular weight excluding hydrogens is 246 g/mol. The van der Waals surface area contributed by atoms with Crippen LogP contribution in [0.5, 0.6) is 0 Å². The highest BCUT2D eigenvalue weighted by Crippen LogP contribution is 2.22. The molecule has 0 aliphatic heterocycles. The fourth-order valence-electron chi connectivity index (χ4n) is 1.81. The molecule has 1 rings (SSSR count). The molecule has 0 atom stereocenters. The van der Waals surface area contributed by atoms with Gasteiger partial charge in [-0.05, 0) is 25.8 Å². The highest BCUT2D eigenvalue weighted by molar-refractivity contribution is 6.19. The third-order valence-corrected chi connectivity index (χ3v) is 3.58. The number of carbonyl (C=O) groups is 1. The van der Waals surface area contributed by atoms with Gasteiger partial charge in [0.05, 0.1) is 5.41 Å². The minimum Gasteiger partial charge on any atom is -0.338 e. The van der Waals surface area contributed by atoms with Gasteiger partial charge in [-0.2, -0.15) is 0 Å². The Bertz CT molecular complexity index is 375. The first-order valence-electron chi connectivity index (χ1n) is 6.40. The number of hydrogen-bond donors (Lipinski definition) is 0. The number of alkyl halides is 1. The highest BCUT2D eigenvalue weighted by atomic mass is 35.5. The normalized spacial score (nSPS) is 11.3. The molecule has 0 bridgehead atoms. The first-order valence-corrected chi connectivity index (χ1v) is 6.94. The number of halogens is 1. The summed E-state index contributed by atoms with van der Waals surface area (Å²) in [5.41, 5.74) is 0.663. The number of amides is 1. The van der Waals surface area contributed by atoms with E-state index in [1.54, 1.807) is 0 Å². The van der Waals surface area contributed by atoms with Gasteiger partial charge in [0, 0.05) is 19.0 Å². The first kappa shape index (κ1) is 15.0. The molecule has 0 aliphatic rings. The largest absolute Gasteiger partial charge is 0.338 e. The van der Waals surface area contributed by atoms with Gasteiger partial charge in [0.2, 0.25) is 5.91 Å². The summed E-state index contributed by atoms with van der Waals surface area (Å²) in [6.45, 7) is 7.31. The van der Waals surface area contributed by atoms with E-state index in [1.165, 1.54) is 0 Å². The molecule has 0 radical (unpaired) electrons. The van der Waals surface area contributed by atoms with Gasteiger partial charge in [0.25, 0.3) is 0 Å². The summed E-state index contributed by atoms with van der Waals surface area (Å²) in [4.78, 5) is 14.3. The number of nitrogens with zero attached hydrogens (tertiary/aromatic N) is 1. The van der Waals surface area contributed by atoms with Crippen LogP contribution in [-0.2, 0) is 11.3 Å². The monoisotopic (exact) mass is 267 g/mol. The van der Waals surface area contributed by atoms with Crippen LogP contribution < -0.4 is 0 Å². The van der Waals surface area contributed by atoms with Crippen molar-refractivity contribution in [2.24, 2.45) is 5.41 Å². The van der Waals surface area contributed by atoms with Crippen molar-refractivity contribution >= 4 is 17.5 Å². The molecule has 0 unspecified atom stereocenters. The third kappa shape index (κ3) is 4.02. The minimum atomic E-state index is -0.495. The lowest BCUT2D eigenvalue weighted by atomic mass is 9.94. The van der Waals surface area contributed by atoms with Crippen molar-refractivity contribution in [3.8, 4) is 0 Å². The molecular formula is C15H22ClNO. The highest BCUT2D eigenvalue weighted by Gasteiger charge is 2.30. The van der Waals surface area contributed by atoms with Crippen LogP contribution in [0.3, 0.4) is 0 Å². The third-order valence-electron chi connectivity index (χ3n) is 2.91. The van der Waals surface area contributed by atoms with Crippen molar-refractivity contribution in [1.29, 1.82) is 0 Å². The topological polar surface area (TPSA) is 20.3 Å². The Hall–Kier alpha value is -1.02. The summed E-state index contributed by atoms with van der Waals surface area (Å²) in [6, 6.07) is 10.1. The molecule has 0 heterocycles. The van der Waals surface area contributed by atoms with E-state index in [0.29, 0.717) is 12.4 Å². The minimum absolute atomic E-state index is 0.128. The Morgan fingerprint density at radius 1 is 1.28 bits per heavy atom. The number of benzene rings is 1. The van der Waals surface area contributed by atoms with Crippen LogP contribution in [0.15, 0.2) is 30.3 Å². The zero-order chi connectivity index (χ0) is 13.6. The molecule has 1 aromatic carbocycles. The average Bonchev–Trinajstić information content (AvgIpc) is 2.38. The van der Waals surface area contributed by atoms with Crippen molar-refractivity contribution < 1.29 is 4.79 Å². The number of rotatable bonds is 6. The second-order valence-electron chi connectivity index (χ2n) is 5.23. The lowest BCUT2D eigenvalue weighted by molar-refractivity contribution is -0.139. The maximum absolute atomic E-state index is 12.4. The number of carbonyl (C=O) groups excluding carboxylic acids is 1. The molecule has 0 aromatic heterocycles. The zero-order valence-electron chi connectivity index (χ0n) is 11.4. The lowest BCUT2D eigenvalue weighted by Gasteiger charge is -2.30. The Labute approximate surface area is 115 Å². The molecule has 0 aliphatic carbocycles.